The molecule has 29 heavy (non-hydrogen) atoms. The topological polar surface area (TPSA) is 51.0 Å². The molecule has 0 aliphatic carbocycles. The maximum atomic E-state index is 13.0. The Kier molecular flexibility index (Phi) is 4.82. The van der Waals surface area contributed by atoms with E-state index in [-0.39, 0.29) is 0 Å². The monoisotopic (exact) mass is 388 g/mol. The number of hydrogen-bond acceptors (Lipinski definition) is 3. The van der Waals surface area contributed by atoms with Crippen LogP contribution in [0.1, 0.15) is 43.2 Å². The fourth-order valence-electron chi connectivity index (χ4n) is 5.51. The summed E-state index contributed by atoms with van der Waals surface area (Å²) in [7, 11) is 1.92. The molecular formula is C24H28N4O. The first-order chi connectivity index (χ1) is 14.2. The van der Waals surface area contributed by atoms with E-state index < -0.39 is 0 Å². The molecular weight excluding hydrogens is 360 g/mol. The van der Waals surface area contributed by atoms with Crippen LogP contribution in [-0.4, -0.2) is 37.7 Å². The maximum Gasteiger partial charge on any atom is 0.223 e. The molecule has 2 bridgehead atoms. The number of rotatable bonds is 5. The molecule has 1 amide bonds. The van der Waals surface area contributed by atoms with Gasteiger partial charge in [-0.25, -0.2) is 0 Å². The molecule has 2 atom stereocenters. The van der Waals surface area contributed by atoms with Crippen LogP contribution in [0.15, 0.2) is 49.1 Å². The van der Waals surface area contributed by atoms with Gasteiger partial charge in [-0.05, 0) is 67.0 Å². The smallest absolute Gasteiger partial charge is 0.223 e. The van der Waals surface area contributed by atoms with Crippen molar-refractivity contribution in [3.8, 4) is 0 Å². The second-order valence-corrected chi connectivity index (χ2v) is 8.76. The van der Waals surface area contributed by atoms with Crippen molar-refractivity contribution in [2.24, 2.45) is 13.0 Å². The zero-order chi connectivity index (χ0) is 19.8. The van der Waals surface area contributed by atoms with Crippen LogP contribution >= 0.6 is 0 Å². The lowest BCUT2D eigenvalue weighted by molar-refractivity contribution is -0.136. The average molecular weight is 389 g/mol. The number of aryl methyl sites for hydroxylation is 2. The Morgan fingerprint density at radius 2 is 1.97 bits per heavy atom. The van der Waals surface area contributed by atoms with Gasteiger partial charge in [0.05, 0.1) is 6.20 Å². The third-order valence-electron chi connectivity index (χ3n) is 6.79. The Balaban J connectivity index is 1.24. The van der Waals surface area contributed by atoms with Crippen molar-refractivity contribution in [2.45, 2.75) is 57.0 Å². The average Bonchev–Trinajstić information content (AvgIpc) is 3.27. The van der Waals surface area contributed by atoms with Gasteiger partial charge >= 0.3 is 0 Å². The highest BCUT2D eigenvalue weighted by Crippen LogP contribution is 2.40. The molecule has 2 saturated heterocycles. The number of pyridine rings is 1. The molecule has 5 nitrogen and oxygen atoms in total. The Labute approximate surface area is 171 Å². The number of aromatic nitrogens is 3. The highest BCUT2D eigenvalue weighted by atomic mass is 16.2. The Morgan fingerprint density at radius 3 is 2.72 bits per heavy atom. The van der Waals surface area contributed by atoms with E-state index in [1.807, 2.05) is 31.8 Å². The van der Waals surface area contributed by atoms with Crippen molar-refractivity contribution in [2.75, 3.05) is 0 Å². The summed E-state index contributed by atoms with van der Waals surface area (Å²) in [6.07, 6.45) is 14.8. The molecule has 2 unspecified atom stereocenters. The summed E-state index contributed by atoms with van der Waals surface area (Å²) in [5.74, 6) is 0.981. The molecule has 5 heteroatoms. The lowest BCUT2D eigenvalue weighted by atomic mass is 9.84. The van der Waals surface area contributed by atoms with E-state index in [0.29, 0.717) is 30.3 Å². The summed E-state index contributed by atoms with van der Waals surface area (Å²) in [5.41, 5.74) is 2.55. The molecule has 1 aromatic carbocycles. The van der Waals surface area contributed by atoms with E-state index in [9.17, 15) is 4.79 Å². The second kappa shape index (κ2) is 7.62. The van der Waals surface area contributed by atoms with Gasteiger partial charge in [0, 0.05) is 49.5 Å². The SMILES string of the molecule is Cn1cc(CCC(=O)N2C3CCC2CC(Cc2cccc4ccncc24)C3)cn1. The fourth-order valence-corrected chi connectivity index (χ4v) is 5.51. The van der Waals surface area contributed by atoms with Gasteiger partial charge in [0.15, 0.2) is 0 Å². The Bertz CT molecular complexity index is 1010. The predicted molar refractivity (Wildman–Crippen MR) is 113 cm³/mol. The van der Waals surface area contributed by atoms with Gasteiger partial charge in [0.25, 0.3) is 0 Å². The van der Waals surface area contributed by atoms with Gasteiger partial charge in [-0.2, -0.15) is 5.10 Å². The van der Waals surface area contributed by atoms with E-state index in [2.05, 4.69) is 39.2 Å². The number of hydrogen-bond donors (Lipinski definition) is 0. The number of fused-ring (bicyclic) bond motifs is 3. The number of carbonyl (C=O) groups is 1. The molecule has 0 spiro atoms. The van der Waals surface area contributed by atoms with Crippen molar-refractivity contribution in [3.63, 3.8) is 0 Å². The minimum atomic E-state index is 0.328. The minimum Gasteiger partial charge on any atom is -0.337 e. The zero-order valence-corrected chi connectivity index (χ0v) is 17.0. The highest BCUT2D eigenvalue weighted by molar-refractivity contribution is 5.84. The largest absolute Gasteiger partial charge is 0.337 e. The molecule has 0 radical (unpaired) electrons. The van der Waals surface area contributed by atoms with E-state index in [0.717, 1.165) is 44.1 Å². The number of nitrogens with zero attached hydrogens (tertiary/aromatic N) is 4. The summed E-state index contributed by atoms with van der Waals surface area (Å²) in [6.45, 7) is 0. The van der Waals surface area contributed by atoms with Gasteiger partial charge in [-0.15, -0.1) is 0 Å². The van der Waals surface area contributed by atoms with E-state index >= 15 is 0 Å². The number of benzene rings is 1. The molecule has 0 saturated carbocycles. The maximum absolute atomic E-state index is 13.0. The first-order valence-corrected chi connectivity index (χ1v) is 10.8. The fraction of sp³-hybridized carbons (Fsp3) is 0.458. The van der Waals surface area contributed by atoms with Crippen molar-refractivity contribution in [1.29, 1.82) is 0 Å². The first-order valence-electron chi connectivity index (χ1n) is 10.8. The van der Waals surface area contributed by atoms with Gasteiger partial charge < -0.3 is 4.90 Å². The van der Waals surface area contributed by atoms with Crippen molar-refractivity contribution >= 4 is 16.7 Å². The highest BCUT2D eigenvalue weighted by Gasteiger charge is 2.42. The van der Waals surface area contributed by atoms with Crippen LogP contribution in [-0.2, 0) is 24.7 Å². The van der Waals surface area contributed by atoms with E-state index in [1.165, 1.54) is 16.3 Å². The van der Waals surface area contributed by atoms with Crippen LogP contribution < -0.4 is 0 Å². The van der Waals surface area contributed by atoms with Crippen LogP contribution in [0.3, 0.4) is 0 Å². The molecule has 150 valence electrons. The number of piperidine rings is 1. The molecule has 2 aromatic heterocycles. The lowest BCUT2D eigenvalue weighted by Crippen LogP contribution is -2.47. The van der Waals surface area contributed by atoms with Crippen LogP contribution in [0.25, 0.3) is 10.8 Å². The third-order valence-corrected chi connectivity index (χ3v) is 6.79. The summed E-state index contributed by atoms with van der Waals surface area (Å²) >= 11 is 0. The molecule has 2 aliphatic rings. The van der Waals surface area contributed by atoms with Crippen molar-refractivity contribution in [3.05, 3.63) is 60.2 Å². The third kappa shape index (κ3) is 3.66. The molecule has 4 heterocycles. The number of amides is 1. The zero-order valence-electron chi connectivity index (χ0n) is 17.0. The number of carbonyl (C=O) groups excluding carboxylic acids is 1. The summed E-state index contributed by atoms with van der Waals surface area (Å²) in [4.78, 5) is 19.5. The Hall–Kier alpha value is -2.69. The molecule has 2 fully saturated rings. The summed E-state index contributed by atoms with van der Waals surface area (Å²) < 4.78 is 1.80. The summed E-state index contributed by atoms with van der Waals surface area (Å²) in [5, 5.41) is 6.75. The second-order valence-electron chi connectivity index (χ2n) is 8.76. The predicted octanol–water partition coefficient (Wildman–Crippen LogP) is 3.91. The Morgan fingerprint density at radius 1 is 1.14 bits per heavy atom. The standard InChI is InChI=1S/C24H28N4O/c1-27-16-17(14-26-27)5-8-24(29)28-21-6-7-22(28)13-18(12-21)11-20-4-2-3-19-9-10-25-15-23(19)20/h2-4,9-10,14-16,18,21-22H,5-8,11-13H2,1H3. The molecule has 0 N–H and O–H groups in total. The molecule has 5 rings (SSSR count). The first kappa shape index (κ1) is 18.3. The lowest BCUT2D eigenvalue weighted by Gasteiger charge is -2.39. The van der Waals surface area contributed by atoms with Crippen LogP contribution in [0.5, 0.6) is 0 Å². The van der Waals surface area contributed by atoms with Gasteiger partial charge in [-0.1, -0.05) is 18.2 Å². The van der Waals surface area contributed by atoms with Crippen LogP contribution in [0, 0.1) is 5.92 Å². The normalized spacial score (nSPS) is 23.6. The minimum absolute atomic E-state index is 0.328. The van der Waals surface area contributed by atoms with E-state index in [1.54, 1.807) is 4.68 Å². The van der Waals surface area contributed by atoms with Gasteiger partial charge in [-0.3, -0.25) is 14.5 Å². The van der Waals surface area contributed by atoms with Gasteiger partial charge in [0.1, 0.15) is 0 Å². The quantitative estimate of drug-likeness (QED) is 0.666. The van der Waals surface area contributed by atoms with Gasteiger partial charge in [0.2, 0.25) is 5.91 Å². The van der Waals surface area contributed by atoms with Crippen LogP contribution in [0.2, 0.25) is 0 Å². The molecule has 2 aliphatic heterocycles. The van der Waals surface area contributed by atoms with Crippen molar-refractivity contribution in [1.82, 2.24) is 19.7 Å². The van der Waals surface area contributed by atoms with Crippen molar-refractivity contribution < 1.29 is 4.79 Å². The van der Waals surface area contributed by atoms with Crippen LogP contribution in [0.4, 0.5) is 0 Å². The summed E-state index contributed by atoms with van der Waals surface area (Å²) in [6, 6.07) is 9.50. The molecule has 3 aromatic rings. The van der Waals surface area contributed by atoms with E-state index in [4.69, 9.17) is 0 Å².